The highest BCUT2D eigenvalue weighted by Gasteiger charge is 2.28. The van der Waals surface area contributed by atoms with Gasteiger partial charge in [0.25, 0.3) is 5.91 Å². The van der Waals surface area contributed by atoms with Gasteiger partial charge in [-0.2, -0.15) is 0 Å². The zero-order chi connectivity index (χ0) is 16.6. The van der Waals surface area contributed by atoms with E-state index in [1.54, 1.807) is 0 Å². The number of ether oxygens (including phenoxy) is 2. The number of amides is 1. The molecule has 0 saturated carbocycles. The topological polar surface area (TPSA) is 42.0 Å². The lowest BCUT2D eigenvalue weighted by molar-refractivity contribution is -0.157. The molecule has 0 bridgehead atoms. The molecule has 1 amide bonds. The number of hydrogen-bond donors (Lipinski definition) is 0. The summed E-state index contributed by atoms with van der Waals surface area (Å²) in [6.45, 7) is 6.26. The first kappa shape index (κ1) is 17.4. The molecule has 0 spiro atoms. The van der Waals surface area contributed by atoms with Gasteiger partial charge in [-0.25, -0.2) is 0 Å². The third-order valence-electron chi connectivity index (χ3n) is 4.77. The molecular formula is C19H28N2O3. The Kier molecular flexibility index (Phi) is 6.64. The maximum absolute atomic E-state index is 12.5. The lowest BCUT2D eigenvalue weighted by Crippen LogP contribution is -2.46. The minimum absolute atomic E-state index is 0.0980. The maximum atomic E-state index is 12.5. The van der Waals surface area contributed by atoms with Gasteiger partial charge in [0.1, 0.15) is 0 Å². The van der Waals surface area contributed by atoms with Gasteiger partial charge in [-0.05, 0) is 37.9 Å². The first-order valence-electron chi connectivity index (χ1n) is 9.07. The molecule has 2 fully saturated rings. The van der Waals surface area contributed by atoms with Crippen LogP contribution in [0.2, 0.25) is 0 Å². The fraction of sp³-hybridized carbons (Fsp3) is 0.632. The fourth-order valence-electron chi connectivity index (χ4n) is 3.40. The number of carbonyl (C=O) groups is 1. The predicted molar refractivity (Wildman–Crippen MR) is 93.0 cm³/mol. The largest absolute Gasteiger partial charge is 0.376 e. The monoisotopic (exact) mass is 332 g/mol. The summed E-state index contributed by atoms with van der Waals surface area (Å²) in [5.74, 6) is 0.0980. The quantitative estimate of drug-likeness (QED) is 0.821. The molecule has 3 rings (SSSR count). The van der Waals surface area contributed by atoms with Crippen molar-refractivity contribution < 1.29 is 14.3 Å². The van der Waals surface area contributed by atoms with E-state index in [4.69, 9.17) is 9.47 Å². The molecule has 0 unspecified atom stereocenters. The average Bonchev–Trinajstić information content (AvgIpc) is 2.88. The van der Waals surface area contributed by atoms with Crippen molar-refractivity contribution in [3.8, 4) is 0 Å². The van der Waals surface area contributed by atoms with E-state index in [0.717, 1.165) is 52.0 Å². The number of benzene rings is 1. The standard InChI is InChI=1S/C19H28N2O3/c22-19(18-16-23-14-15-24-18)21-11-5-10-20(12-13-21)9-4-8-17-6-2-1-3-7-17/h1-3,6-7,18H,4-5,8-16H2/t18-/m1/s1. The van der Waals surface area contributed by atoms with Gasteiger partial charge in [-0.15, -0.1) is 0 Å². The van der Waals surface area contributed by atoms with Crippen molar-refractivity contribution in [2.75, 3.05) is 52.5 Å². The molecule has 5 heteroatoms. The van der Waals surface area contributed by atoms with Crippen LogP contribution >= 0.6 is 0 Å². The van der Waals surface area contributed by atoms with E-state index in [1.807, 2.05) is 4.90 Å². The van der Waals surface area contributed by atoms with Crippen LogP contribution in [-0.4, -0.2) is 74.4 Å². The predicted octanol–water partition coefficient (Wildman–Crippen LogP) is 1.57. The summed E-state index contributed by atoms with van der Waals surface area (Å²) in [6.07, 6.45) is 2.92. The van der Waals surface area contributed by atoms with Crippen LogP contribution in [0.1, 0.15) is 18.4 Å². The summed E-state index contributed by atoms with van der Waals surface area (Å²) in [6, 6.07) is 10.6. The number of hydrogen-bond acceptors (Lipinski definition) is 4. The Morgan fingerprint density at radius 3 is 2.75 bits per heavy atom. The van der Waals surface area contributed by atoms with Crippen molar-refractivity contribution in [3.05, 3.63) is 35.9 Å². The Morgan fingerprint density at radius 1 is 1.08 bits per heavy atom. The minimum atomic E-state index is -0.400. The molecule has 1 aromatic rings. The lowest BCUT2D eigenvalue weighted by atomic mass is 10.1. The molecule has 1 aromatic carbocycles. The molecule has 0 radical (unpaired) electrons. The highest BCUT2D eigenvalue weighted by Crippen LogP contribution is 2.11. The van der Waals surface area contributed by atoms with Crippen molar-refractivity contribution in [1.29, 1.82) is 0 Å². The normalized spacial score (nSPS) is 23.0. The Bertz CT molecular complexity index is 503. The van der Waals surface area contributed by atoms with Gasteiger partial charge in [0.05, 0.1) is 19.8 Å². The molecule has 0 N–H and O–H groups in total. The third kappa shape index (κ3) is 5.03. The van der Waals surface area contributed by atoms with Crippen molar-refractivity contribution >= 4 is 5.91 Å². The Labute approximate surface area is 144 Å². The van der Waals surface area contributed by atoms with Crippen molar-refractivity contribution in [2.24, 2.45) is 0 Å². The maximum Gasteiger partial charge on any atom is 0.254 e. The van der Waals surface area contributed by atoms with Gasteiger partial charge in [0, 0.05) is 19.6 Å². The highest BCUT2D eigenvalue weighted by molar-refractivity contribution is 5.81. The summed E-state index contributed by atoms with van der Waals surface area (Å²) < 4.78 is 10.9. The van der Waals surface area contributed by atoms with Crippen LogP contribution in [0.25, 0.3) is 0 Å². The Morgan fingerprint density at radius 2 is 1.96 bits per heavy atom. The molecule has 1 atom stereocenters. The first-order chi connectivity index (χ1) is 11.8. The number of carbonyl (C=O) groups excluding carboxylic acids is 1. The third-order valence-corrected chi connectivity index (χ3v) is 4.77. The number of nitrogens with zero attached hydrogens (tertiary/aromatic N) is 2. The minimum Gasteiger partial charge on any atom is -0.376 e. The highest BCUT2D eigenvalue weighted by atomic mass is 16.6. The van der Waals surface area contributed by atoms with Gasteiger partial charge in [0.2, 0.25) is 0 Å². The second-order valence-electron chi connectivity index (χ2n) is 6.54. The van der Waals surface area contributed by atoms with Crippen molar-refractivity contribution in [1.82, 2.24) is 9.80 Å². The summed E-state index contributed by atoms with van der Waals surface area (Å²) in [5.41, 5.74) is 1.40. The summed E-state index contributed by atoms with van der Waals surface area (Å²) in [5, 5.41) is 0. The zero-order valence-electron chi connectivity index (χ0n) is 14.4. The number of rotatable bonds is 5. The summed E-state index contributed by atoms with van der Waals surface area (Å²) in [4.78, 5) is 16.9. The molecule has 5 nitrogen and oxygen atoms in total. The van der Waals surface area contributed by atoms with Crippen LogP contribution in [-0.2, 0) is 20.7 Å². The molecule has 0 aliphatic carbocycles. The van der Waals surface area contributed by atoms with Gasteiger partial charge in [-0.1, -0.05) is 30.3 Å². The van der Waals surface area contributed by atoms with Crippen LogP contribution in [0, 0.1) is 0 Å². The van der Waals surface area contributed by atoms with Gasteiger partial charge < -0.3 is 19.3 Å². The Hall–Kier alpha value is -1.43. The van der Waals surface area contributed by atoms with E-state index >= 15 is 0 Å². The van der Waals surface area contributed by atoms with Crippen LogP contribution in [0.15, 0.2) is 30.3 Å². The van der Waals surface area contributed by atoms with E-state index in [0.29, 0.717) is 19.8 Å². The second-order valence-corrected chi connectivity index (χ2v) is 6.54. The van der Waals surface area contributed by atoms with Crippen LogP contribution in [0.3, 0.4) is 0 Å². The molecular weight excluding hydrogens is 304 g/mol. The second kappa shape index (κ2) is 9.16. The van der Waals surface area contributed by atoms with Gasteiger partial charge in [-0.3, -0.25) is 4.79 Å². The average molecular weight is 332 g/mol. The summed E-state index contributed by atoms with van der Waals surface area (Å²) >= 11 is 0. The molecule has 132 valence electrons. The molecule has 2 saturated heterocycles. The van der Waals surface area contributed by atoms with E-state index in [-0.39, 0.29) is 5.91 Å². The van der Waals surface area contributed by atoms with E-state index in [9.17, 15) is 4.79 Å². The van der Waals surface area contributed by atoms with Crippen molar-refractivity contribution in [2.45, 2.75) is 25.4 Å². The Balaban J connectivity index is 1.40. The first-order valence-corrected chi connectivity index (χ1v) is 9.07. The van der Waals surface area contributed by atoms with Gasteiger partial charge in [0.15, 0.2) is 6.10 Å². The molecule has 2 heterocycles. The SMILES string of the molecule is O=C([C@H]1COCCO1)N1CCCN(CCCc2ccccc2)CC1. The molecule has 2 aliphatic rings. The van der Waals surface area contributed by atoms with E-state index in [1.165, 1.54) is 5.56 Å². The number of aryl methyl sites for hydroxylation is 1. The van der Waals surface area contributed by atoms with Crippen molar-refractivity contribution in [3.63, 3.8) is 0 Å². The zero-order valence-corrected chi connectivity index (χ0v) is 14.4. The van der Waals surface area contributed by atoms with E-state index < -0.39 is 6.10 Å². The smallest absolute Gasteiger partial charge is 0.254 e. The summed E-state index contributed by atoms with van der Waals surface area (Å²) in [7, 11) is 0. The molecule has 2 aliphatic heterocycles. The van der Waals surface area contributed by atoms with Crippen LogP contribution in [0.5, 0.6) is 0 Å². The molecule has 24 heavy (non-hydrogen) atoms. The van der Waals surface area contributed by atoms with E-state index in [2.05, 4.69) is 35.2 Å². The van der Waals surface area contributed by atoms with Crippen LogP contribution < -0.4 is 0 Å². The lowest BCUT2D eigenvalue weighted by Gasteiger charge is -2.28. The van der Waals surface area contributed by atoms with Gasteiger partial charge >= 0.3 is 0 Å². The molecule has 0 aromatic heterocycles. The van der Waals surface area contributed by atoms with Crippen LogP contribution in [0.4, 0.5) is 0 Å². The fourth-order valence-corrected chi connectivity index (χ4v) is 3.40.